The first-order valence-electron chi connectivity index (χ1n) is 6.46. The third kappa shape index (κ3) is 3.37. The van der Waals surface area contributed by atoms with Crippen LogP contribution >= 0.6 is 0 Å². The van der Waals surface area contributed by atoms with Gasteiger partial charge in [0.25, 0.3) is 0 Å². The molecule has 0 spiro atoms. The quantitative estimate of drug-likeness (QED) is 0.433. The number of amides is 4. The second-order valence-corrected chi connectivity index (χ2v) is 6.86. The second kappa shape index (κ2) is 8.04. The molecule has 1 heterocycles. The van der Waals surface area contributed by atoms with E-state index in [0.29, 0.717) is 39.0 Å². The monoisotopic (exact) mass is 475 g/mol. The van der Waals surface area contributed by atoms with Crippen molar-refractivity contribution in [3.8, 4) is 0 Å². The molecule has 0 aliphatic carbocycles. The number of methoxy groups -OCH3 is 1. The summed E-state index contributed by atoms with van der Waals surface area (Å²) in [7, 11) is 1.57. The molecule has 1 saturated heterocycles. The molecule has 3 N–H and O–H groups in total. The van der Waals surface area contributed by atoms with Gasteiger partial charge in [-0.15, -0.1) is 0 Å². The van der Waals surface area contributed by atoms with Gasteiger partial charge in [0, 0.05) is 0 Å². The Morgan fingerprint density at radius 3 is 2.25 bits per heavy atom. The van der Waals surface area contributed by atoms with Gasteiger partial charge in [-0.25, -0.2) is 0 Å². The number of nitrogens with one attached hydrogen (secondary N) is 1. The Kier molecular flexibility index (Phi) is 7.83. The van der Waals surface area contributed by atoms with E-state index < -0.39 is 23.3 Å². The van der Waals surface area contributed by atoms with E-state index in [2.05, 4.69) is 5.32 Å². The maximum Gasteiger partial charge on any atom is -0.412 e. The zero-order valence-electron chi connectivity index (χ0n) is 12.2. The fourth-order valence-corrected chi connectivity index (χ4v) is 3.88. The van der Waals surface area contributed by atoms with E-state index in [-0.39, 0.29) is 18.1 Å². The molecule has 1 unspecified atom stereocenters. The van der Waals surface area contributed by atoms with E-state index in [4.69, 9.17) is 4.74 Å². The predicted octanol–water partition coefficient (Wildman–Crippen LogP) is 0.0266. The summed E-state index contributed by atoms with van der Waals surface area (Å²) >= 11 is 0.525. The Bertz CT molecular complexity index is 380. The van der Waals surface area contributed by atoms with Crippen molar-refractivity contribution >= 4 is 17.8 Å². The molecule has 0 radical (unpaired) electrons. The van der Waals surface area contributed by atoms with E-state index in [1.54, 1.807) is 21.0 Å². The maximum absolute atomic E-state index is 12.5. The van der Waals surface area contributed by atoms with Crippen molar-refractivity contribution in [3.05, 3.63) is 0 Å². The molecule has 1 aliphatic heterocycles. The zero-order valence-corrected chi connectivity index (χ0v) is 17.7. The number of carbonyl (C=O) groups is 3. The largest absolute Gasteiger partial charge is 0.412 e. The molecule has 0 aromatic rings. The molecular weight excluding hydrogens is 453 g/mol. The molecule has 1 atom stereocenters. The number of barbiturate groups is 1. The Balaban J connectivity index is 0.00000361. The summed E-state index contributed by atoms with van der Waals surface area (Å²) in [5.41, 5.74) is -1.11. The van der Waals surface area contributed by atoms with Crippen LogP contribution in [0.3, 0.4) is 0 Å². The third-order valence-corrected chi connectivity index (χ3v) is 6.31. The Morgan fingerprint density at radius 2 is 1.85 bits per heavy atom. The smallest absolute Gasteiger partial charge is 0.412 e. The first-order valence-corrected chi connectivity index (χ1v) is 10.3. The van der Waals surface area contributed by atoms with Crippen LogP contribution in [0.2, 0.25) is 3.93 Å². The molecule has 8 heteroatoms. The third-order valence-electron chi connectivity index (χ3n) is 3.80. The number of hydrogen-bond donors (Lipinski definition) is 1. The van der Waals surface area contributed by atoms with Crippen LogP contribution in [0.1, 0.15) is 26.7 Å². The summed E-state index contributed by atoms with van der Waals surface area (Å²) in [6, 6.07) is -0.628. The number of ether oxygens (including phenoxy) is 1. The van der Waals surface area contributed by atoms with Crippen LogP contribution in [-0.2, 0) is 40.4 Å². The van der Waals surface area contributed by atoms with Crippen molar-refractivity contribution in [1.29, 1.82) is 0 Å². The first kappa shape index (κ1) is 19.5. The number of hydrogen-bond acceptors (Lipinski definition) is 4. The van der Waals surface area contributed by atoms with Gasteiger partial charge >= 0.3 is 129 Å². The van der Waals surface area contributed by atoms with E-state index in [1.807, 2.05) is 0 Å². The molecular formula is C12H21HgN2O5. The summed E-state index contributed by atoms with van der Waals surface area (Å²) in [6.45, 7) is 3.80. The predicted molar refractivity (Wildman–Crippen MR) is 67.5 cm³/mol. The summed E-state index contributed by atoms with van der Waals surface area (Å²) < 4.78 is 6.13. The van der Waals surface area contributed by atoms with Gasteiger partial charge in [-0.1, -0.05) is 0 Å². The van der Waals surface area contributed by atoms with Gasteiger partial charge in [0.05, 0.1) is 0 Å². The topological polar surface area (TPSA) is 107 Å². The van der Waals surface area contributed by atoms with Gasteiger partial charge in [0.1, 0.15) is 0 Å². The average molecular weight is 474 g/mol. The van der Waals surface area contributed by atoms with E-state index >= 15 is 0 Å². The minimum atomic E-state index is -1.11. The molecule has 1 rings (SSSR count). The van der Waals surface area contributed by atoms with E-state index in [0.717, 1.165) is 8.83 Å². The van der Waals surface area contributed by atoms with E-state index in [1.165, 1.54) is 0 Å². The van der Waals surface area contributed by atoms with Crippen LogP contribution in [0, 0.1) is 5.41 Å². The minimum Gasteiger partial charge on any atom is -0.412 e. The van der Waals surface area contributed by atoms with Gasteiger partial charge in [-0.3, -0.25) is 0 Å². The molecule has 0 saturated carbocycles. The second-order valence-electron chi connectivity index (χ2n) is 4.61. The molecule has 111 valence electrons. The minimum absolute atomic E-state index is 0. The molecule has 0 bridgehead atoms. The van der Waals surface area contributed by atoms with E-state index in [9.17, 15) is 14.4 Å². The normalized spacial score (nSPS) is 19.4. The SMILES string of the molecule is CCC1(CC)C(=O)NC(=O)N(CC([CH2][Hg])OC)C1=O.O. The van der Waals surface area contributed by atoms with Gasteiger partial charge in [0.2, 0.25) is 0 Å². The van der Waals surface area contributed by atoms with Crippen LogP contribution in [0.4, 0.5) is 4.79 Å². The summed E-state index contributed by atoms with van der Waals surface area (Å²) in [5, 5.41) is 2.29. The van der Waals surface area contributed by atoms with Crippen LogP contribution in [-0.4, -0.2) is 48.0 Å². The van der Waals surface area contributed by atoms with Gasteiger partial charge in [0.15, 0.2) is 0 Å². The fourth-order valence-electron chi connectivity index (χ4n) is 2.26. The van der Waals surface area contributed by atoms with Crippen molar-refractivity contribution in [1.82, 2.24) is 10.2 Å². The first-order chi connectivity index (χ1) is 8.96. The summed E-state index contributed by atoms with van der Waals surface area (Å²) in [6.07, 6.45) is 0.651. The Hall–Kier alpha value is -0.535. The zero-order chi connectivity index (χ0) is 14.6. The van der Waals surface area contributed by atoms with Crippen LogP contribution in [0.25, 0.3) is 0 Å². The van der Waals surface area contributed by atoms with Crippen molar-refractivity contribution in [2.75, 3.05) is 13.7 Å². The van der Waals surface area contributed by atoms with Crippen molar-refractivity contribution < 1.29 is 50.7 Å². The van der Waals surface area contributed by atoms with Crippen LogP contribution < -0.4 is 5.32 Å². The molecule has 20 heavy (non-hydrogen) atoms. The Labute approximate surface area is 134 Å². The van der Waals surface area contributed by atoms with Gasteiger partial charge in [-0.2, -0.15) is 0 Å². The average Bonchev–Trinajstić information content (AvgIpc) is 2.40. The number of rotatable bonds is 6. The molecule has 1 aliphatic rings. The summed E-state index contributed by atoms with van der Waals surface area (Å²) in [4.78, 5) is 37.4. The van der Waals surface area contributed by atoms with Gasteiger partial charge < -0.3 is 5.48 Å². The molecule has 4 amide bonds. The van der Waals surface area contributed by atoms with Crippen molar-refractivity contribution in [3.63, 3.8) is 0 Å². The van der Waals surface area contributed by atoms with Crippen LogP contribution in [0.5, 0.6) is 0 Å². The number of imide groups is 2. The van der Waals surface area contributed by atoms with Crippen molar-refractivity contribution in [2.45, 2.75) is 36.7 Å². The molecule has 7 nitrogen and oxygen atoms in total. The molecule has 0 aromatic carbocycles. The van der Waals surface area contributed by atoms with Gasteiger partial charge in [-0.05, 0) is 0 Å². The standard InChI is InChI=1S/C12H19N2O4.Hg.H2O/c1-5-12(6-2)9(15)13-11(17)14(10(12)16)7-8(3)18-4;;/h8H,3,5-7H2,1-2,4H3,(H,13,15,17);;1H2. The molecule has 0 aromatic heterocycles. The number of carbonyl (C=O) groups excluding carboxylic acids is 3. The number of nitrogens with zero attached hydrogens (tertiary/aromatic N) is 1. The molecule has 1 fully saturated rings. The van der Waals surface area contributed by atoms with Crippen LogP contribution in [0.15, 0.2) is 0 Å². The summed E-state index contributed by atoms with van der Waals surface area (Å²) in [5.74, 6) is -0.873. The fraction of sp³-hybridized carbons (Fsp3) is 0.750. The Morgan fingerprint density at radius 1 is 1.30 bits per heavy atom. The number of urea groups is 1. The van der Waals surface area contributed by atoms with Crippen molar-refractivity contribution in [2.24, 2.45) is 5.41 Å². The maximum atomic E-state index is 12.5.